The van der Waals surface area contributed by atoms with E-state index in [1.807, 2.05) is 0 Å². The molecule has 21 heavy (non-hydrogen) atoms. The van der Waals surface area contributed by atoms with Crippen molar-refractivity contribution in [3.63, 3.8) is 0 Å². The smallest absolute Gasteiger partial charge is 0.152 e. The maximum absolute atomic E-state index is 12.4. The van der Waals surface area contributed by atoms with Crippen LogP contribution >= 0.6 is 0 Å². The molecule has 0 aromatic heterocycles. The molecule has 0 unspecified atom stereocenters. The quantitative estimate of drug-likeness (QED) is 0.562. The summed E-state index contributed by atoms with van der Waals surface area (Å²) in [6, 6.07) is 0. The maximum Gasteiger partial charge on any atom is 0.152 e. The highest BCUT2D eigenvalue weighted by atomic mass is 32.2. The summed E-state index contributed by atoms with van der Waals surface area (Å²) in [6.45, 7) is 4.16. The van der Waals surface area contributed by atoms with Gasteiger partial charge in [0.1, 0.15) is 0 Å². The van der Waals surface area contributed by atoms with Gasteiger partial charge < -0.3 is 0 Å². The van der Waals surface area contributed by atoms with E-state index in [1.54, 1.807) is 0 Å². The van der Waals surface area contributed by atoms with Crippen LogP contribution in [0.25, 0.3) is 0 Å². The molecule has 0 saturated carbocycles. The summed E-state index contributed by atoms with van der Waals surface area (Å²) in [6.07, 6.45) is 5.83. The molecule has 1 heterocycles. The normalized spacial score (nSPS) is 27.5. The summed E-state index contributed by atoms with van der Waals surface area (Å²) in [4.78, 5) is 0. The summed E-state index contributed by atoms with van der Waals surface area (Å²) in [7, 11) is -5.53. The third kappa shape index (κ3) is 6.48. The molecule has 1 saturated heterocycles. The Kier molecular flexibility index (Phi) is 8.64. The lowest BCUT2D eigenvalue weighted by molar-refractivity contribution is 0.602. The van der Waals surface area contributed by atoms with Gasteiger partial charge in [-0.15, -0.1) is 0 Å². The van der Waals surface area contributed by atoms with Crippen LogP contribution in [-0.4, -0.2) is 50.3 Å². The van der Waals surface area contributed by atoms with Crippen LogP contribution < -0.4 is 0 Å². The molecule has 126 valence electrons. The third-order valence-electron chi connectivity index (χ3n) is 3.82. The monoisotopic (exact) mass is 356 g/mol. The second kappa shape index (κ2) is 9.40. The number of hydrogen-bond acceptors (Lipinski definition) is 4. The van der Waals surface area contributed by atoms with Crippen molar-refractivity contribution in [1.29, 1.82) is 0 Å². The minimum Gasteiger partial charge on any atom is -0.259 e. The van der Waals surface area contributed by atoms with Crippen LogP contribution in [0.1, 0.15) is 52.4 Å². The van der Waals surface area contributed by atoms with Crippen molar-refractivity contribution in [2.75, 3.05) is 23.0 Å². The van der Waals surface area contributed by atoms with E-state index in [4.69, 9.17) is 0 Å². The highest BCUT2D eigenvalue weighted by Gasteiger charge is 2.43. The Morgan fingerprint density at radius 2 is 1.19 bits per heavy atom. The second-order valence-electron chi connectivity index (χ2n) is 5.74. The van der Waals surface area contributed by atoms with Crippen LogP contribution in [-0.2, 0) is 31.4 Å². The first-order valence-corrected chi connectivity index (χ1v) is 12.4. The lowest BCUT2D eigenvalue weighted by Gasteiger charge is -2.17. The summed E-state index contributed by atoms with van der Waals surface area (Å²) in [5.74, 6) is 0.985. The Bertz CT molecular complexity index is 423. The van der Waals surface area contributed by atoms with Gasteiger partial charge in [-0.2, -0.15) is 0 Å². The number of sulfone groups is 1. The van der Waals surface area contributed by atoms with E-state index in [0.717, 1.165) is 38.5 Å². The molecular weight excluding hydrogens is 328 g/mol. The Morgan fingerprint density at radius 1 is 0.810 bits per heavy atom. The predicted molar refractivity (Wildman–Crippen MR) is 91.3 cm³/mol. The zero-order valence-corrected chi connectivity index (χ0v) is 15.5. The number of hydrogen-bond donors (Lipinski definition) is 0. The molecule has 0 aromatic rings. The average molecular weight is 357 g/mol. The third-order valence-corrected chi connectivity index (χ3v) is 9.88. The van der Waals surface area contributed by atoms with Gasteiger partial charge in [0, 0.05) is 33.1 Å². The summed E-state index contributed by atoms with van der Waals surface area (Å²) in [5.41, 5.74) is 0. The van der Waals surface area contributed by atoms with Crippen molar-refractivity contribution < 1.29 is 16.8 Å². The average Bonchev–Trinajstić information content (AvgIpc) is 2.75. The zero-order chi connectivity index (χ0) is 15.9. The van der Waals surface area contributed by atoms with Crippen LogP contribution in [0, 0.1) is 0 Å². The largest absolute Gasteiger partial charge is 0.259 e. The van der Waals surface area contributed by atoms with Crippen LogP contribution in [0.3, 0.4) is 0 Å². The van der Waals surface area contributed by atoms with Crippen molar-refractivity contribution in [2.45, 2.75) is 62.9 Å². The molecule has 1 fully saturated rings. The lowest BCUT2D eigenvalue weighted by atomic mass is 10.3. The van der Waals surface area contributed by atoms with E-state index in [-0.39, 0.29) is 11.5 Å². The van der Waals surface area contributed by atoms with Crippen molar-refractivity contribution in [2.24, 2.45) is 0 Å². The van der Waals surface area contributed by atoms with E-state index in [0.29, 0.717) is 11.5 Å². The minimum absolute atomic E-state index is 0.0457. The molecular formula is C14H28O4S3. The van der Waals surface area contributed by atoms with Gasteiger partial charge in [-0.05, 0) is 12.8 Å². The molecule has 0 aliphatic carbocycles. The fourth-order valence-electron chi connectivity index (χ4n) is 2.56. The molecule has 0 spiro atoms. The number of rotatable bonds is 10. The lowest BCUT2D eigenvalue weighted by Crippen LogP contribution is -2.34. The van der Waals surface area contributed by atoms with Gasteiger partial charge in [-0.1, -0.05) is 39.5 Å². The zero-order valence-electron chi connectivity index (χ0n) is 13.1. The maximum atomic E-state index is 12.4. The highest BCUT2D eigenvalue weighted by molar-refractivity contribution is 7.97. The van der Waals surface area contributed by atoms with Gasteiger partial charge in [0.25, 0.3) is 0 Å². The first kappa shape index (κ1) is 19.3. The van der Waals surface area contributed by atoms with Gasteiger partial charge in [0.15, 0.2) is 9.84 Å². The molecule has 0 amide bonds. The second-order valence-corrected chi connectivity index (χ2v) is 11.4. The van der Waals surface area contributed by atoms with E-state index >= 15 is 0 Å². The molecule has 0 aromatic carbocycles. The van der Waals surface area contributed by atoms with Crippen LogP contribution in [0.5, 0.6) is 0 Å². The van der Waals surface area contributed by atoms with Crippen LogP contribution in [0.4, 0.5) is 0 Å². The molecule has 0 bridgehead atoms. The molecule has 1 aliphatic heterocycles. The molecule has 4 nitrogen and oxygen atoms in total. The Hall–Kier alpha value is 0.250. The molecule has 1 aliphatic rings. The number of unbranched alkanes of at least 4 members (excludes halogenated alkanes) is 4. The molecule has 0 N–H and O–H groups in total. The Labute approximate surface area is 134 Å². The van der Waals surface area contributed by atoms with Crippen LogP contribution in [0.15, 0.2) is 0 Å². The molecule has 4 atom stereocenters. The first-order valence-electron chi connectivity index (χ1n) is 7.86. The van der Waals surface area contributed by atoms with Crippen molar-refractivity contribution in [1.82, 2.24) is 0 Å². The SMILES string of the molecule is CCCCC[S@@](=O)[C@H]1CS(=O)(=O)C[C@@H]1[S@](=O)CCCCC. The summed E-state index contributed by atoms with van der Waals surface area (Å²) >= 11 is 0. The fraction of sp³-hybridized carbons (Fsp3) is 1.00. The Balaban J connectivity index is 2.65. The highest BCUT2D eigenvalue weighted by Crippen LogP contribution is 2.24. The van der Waals surface area contributed by atoms with Gasteiger partial charge >= 0.3 is 0 Å². The van der Waals surface area contributed by atoms with Gasteiger partial charge in [-0.25, -0.2) is 8.42 Å². The van der Waals surface area contributed by atoms with E-state index < -0.39 is 41.9 Å². The molecule has 0 radical (unpaired) electrons. The van der Waals surface area contributed by atoms with Gasteiger partial charge in [0.05, 0.1) is 22.0 Å². The van der Waals surface area contributed by atoms with Crippen LogP contribution in [0.2, 0.25) is 0 Å². The molecule has 1 rings (SSSR count). The topological polar surface area (TPSA) is 68.3 Å². The van der Waals surface area contributed by atoms with E-state index in [1.165, 1.54) is 0 Å². The molecule has 7 heteroatoms. The van der Waals surface area contributed by atoms with E-state index in [2.05, 4.69) is 13.8 Å². The van der Waals surface area contributed by atoms with Crippen molar-refractivity contribution in [3.05, 3.63) is 0 Å². The first-order chi connectivity index (χ1) is 9.91. The standard InChI is InChI=1S/C14H28O4S3/c1-3-5-7-9-19(15)13-11-21(17,18)12-14(13)20(16)10-8-6-4-2/h13-14H,3-12H2,1-2H3/t13-,14-,19+,20+/m0/s1. The van der Waals surface area contributed by atoms with Crippen molar-refractivity contribution in [3.8, 4) is 0 Å². The van der Waals surface area contributed by atoms with E-state index in [9.17, 15) is 16.8 Å². The Morgan fingerprint density at radius 3 is 1.52 bits per heavy atom. The van der Waals surface area contributed by atoms with Gasteiger partial charge in [-0.3, -0.25) is 8.42 Å². The minimum atomic E-state index is -3.18. The predicted octanol–water partition coefficient (Wildman–Crippen LogP) is 2.03. The summed E-state index contributed by atoms with van der Waals surface area (Å²) in [5, 5.41) is -0.844. The summed E-state index contributed by atoms with van der Waals surface area (Å²) < 4.78 is 48.4. The van der Waals surface area contributed by atoms with Gasteiger partial charge in [0.2, 0.25) is 0 Å². The van der Waals surface area contributed by atoms with Crippen molar-refractivity contribution >= 4 is 31.4 Å². The fourth-order valence-corrected chi connectivity index (χ4v) is 10.1.